The quantitative estimate of drug-likeness (QED) is 0.889. The summed E-state index contributed by atoms with van der Waals surface area (Å²) >= 11 is 0. The molecule has 116 valence electrons. The van der Waals surface area contributed by atoms with E-state index in [-0.39, 0.29) is 22.7 Å². The van der Waals surface area contributed by atoms with Crippen LogP contribution in [0.25, 0.3) is 0 Å². The van der Waals surface area contributed by atoms with Crippen LogP contribution in [0.1, 0.15) is 47.0 Å². The van der Waals surface area contributed by atoms with Crippen LogP contribution in [0.3, 0.4) is 0 Å². The summed E-state index contributed by atoms with van der Waals surface area (Å²) in [5.74, 6) is 1.15. The second kappa shape index (κ2) is 4.82. The molecule has 1 heterocycles. The van der Waals surface area contributed by atoms with Gasteiger partial charge in [0.2, 0.25) is 5.95 Å². The predicted molar refractivity (Wildman–Crippen MR) is 82.8 cm³/mol. The maximum atomic E-state index is 14.1. The Morgan fingerprint density at radius 2 is 2.14 bits per heavy atom. The molecule has 3 rings (SSSR count). The summed E-state index contributed by atoms with van der Waals surface area (Å²) < 4.78 is 14.1. The van der Waals surface area contributed by atoms with Crippen LogP contribution in [-0.2, 0) is 0 Å². The SMILES string of the molecule is CCNc1ncc(F)c(NC2C3(C)CCC(C3)C2(C)C)n1. The molecule has 2 fully saturated rings. The van der Waals surface area contributed by atoms with Crippen molar-refractivity contribution in [3.63, 3.8) is 0 Å². The van der Waals surface area contributed by atoms with E-state index in [0.29, 0.717) is 11.8 Å². The predicted octanol–water partition coefficient (Wildman–Crippen LogP) is 3.67. The van der Waals surface area contributed by atoms with Gasteiger partial charge in [-0.3, -0.25) is 0 Å². The Hall–Kier alpha value is -1.39. The minimum atomic E-state index is -0.376. The van der Waals surface area contributed by atoms with Gasteiger partial charge in [0, 0.05) is 12.6 Å². The molecule has 2 bridgehead atoms. The molecule has 1 aromatic heterocycles. The van der Waals surface area contributed by atoms with Crippen LogP contribution in [-0.4, -0.2) is 22.6 Å². The molecule has 3 atom stereocenters. The fraction of sp³-hybridized carbons (Fsp3) is 0.750. The Balaban J connectivity index is 1.88. The van der Waals surface area contributed by atoms with Gasteiger partial charge in [-0.1, -0.05) is 20.8 Å². The second-order valence-electron chi connectivity index (χ2n) is 7.41. The van der Waals surface area contributed by atoms with Crippen molar-refractivity contribution in [2.24, 2.45) is 16.7 Å². The highest BCUT2D eigenvalue weighted by Gasteiger charge is 2.59. The van der Waals surface area contributed by atoms with Crippen molar-refractivity contribution >= 4 is 11.8 Å². The molecule has 2 saturated carbocycles. The van der Waals surface area contributed by atoms with Crippen LogP contribution in [0.5, 0.6) is 0 Å². The summed E-state index contributed by atoms with van der Waals surface area (Å²) in [5.41, 5.74) is 0.409. The smallest absolute Gasteiger partial charge is 0.224 e. The topological polar surface area (TPSA) is 49.8 Å². The van der Waals surface area contributed by atoms with Gasteiger partial charge in [-0.25, -0.2) is 9.37 Å². The molecule has 0 aromatic carbocycles. The summed E-state index contributed by atoms with van der Waals surface area (Å²) in [7, 11) is 0. The number of fused-ring (bicyclic) bond motifs is 2. The minimum Gasteiger partial charge on any atom is -0.364 e. The Morgan fingerprint density at radius 3 is 2.76 bits per heavy atom. The van der Waals surface area contributed by atoms with E-state index in [1.807, 2.05) is 6.92 Å². The summed E-state index contributed by atoms with van der Waals surface area (Å²) in [6.07, 6.45) is 4.97. The van der Waals surface area contributed by atoms with Crippen LogP contribution in [0.15, 0.2) is 6.20 Å². The first kappa shape index (κ1) is 14.5. The van der Waals surface area contributed by atoms with E-state index in [9.17, 15) is 4.39 Å². The summed E-state index contributed by atoms with van der Waals surface area (Å²) in [4.78, 5) is 8.27. The third kappa shape index (κ3) is 2.27. The van der Waals surface area contributed by atoms with Crippen molar-refractivity contribution in [3.8, 4) is 0 Å². The minimum absolute atomic E-state index is 0.169. The molecule has 0 spiro atoms. The van der Waals surface area contributed by atoms with Crippen molar-refractivity contribution in [1.29, 1.82) is 0 Å². The molecule has 2 aliphatic carbocycles. The van der Waals surface area contributed by atoms with Crippen molar-refractivity contribution in [1.82, 2.24) is 9.97 Å². The summed E-state index contributed by atoms with van der Waals surface area (Å²) in [6, 6.07) is 0.252. The molecule has 21 heavy (non-hydrogen) atoms. The number of hydrogen-bond donors (Lipinski definition) is 2. The molecule has 0 radical (unpaired) electrons. The lowest BCUT2D eigenvalue weighted by Gasteiger charge is -2.43. The molecule has 3 unspecified atom stereocenters. The number of anilines is 2. The second-order valence-corrected chi connectivity index (χ2v) is 7.41. The Kier molecular flexibility index (Phi) is 3.34. The third-order valence-corrected chi connectivity index (χ3v) is 5.63. The van der Waals surface area contributed by atoms with Crippen molar-refractivity contribution in [2.45, 2.75) is 53.0 Å². The monoisotopic (exact) mass is 292 g/mol. The normalized spacial score (nSPS) is 33.2. The molecule has 2 N–H and O–H groups in total. The van der Waals surface area contributed by atoms with E-state index < -0.39 is 0 Å². The first-order chi connectivity index (χ1) is 9.87. The molecular weight excluding hydrogens is 267 g/mol. The van der Waals surface area contributed by atoms with Gasteiger partial charge in [0.1, 0.15) is 0 Å². The van der Waals surface area contributed by atoms with Crippen LogP contribution < -0.4 is 10.6 Å². The number of rotatable bonds is 4. The highest BCUT2D eigenvalue weighted by molar-refractivity contribution is 5.43. The van der Waals surface area contributed by atoms with E-state index in [4.69, 9.17) is 0 Å². The molecule has 5 heteroatoms. The lowest BCUT2D eigenvalue weighted by Crippen LogP contribution is -2.46. The van der Waals surface area contributed by atoms with Crippen LogP contribution in [0.2, 0.25) is 0 Å². The highest BCUT2D eigenvalue weighted by Crippen LogP contribution is 2.63. The Bertz CT molecular complexity index is 540. The van der Waals surface area contributed by atoms with E-state index in [1.54, 1.807) is 0 Å². The fourth-order valence-electron chi connectivity index (χ4n) is 4.51. The lowest BCUT2D eigenvalue weighted by atomic mass is 9.68. The van der Waals surface area contributed by atoms with E-state index in [2.05, 4.69) is 41.4 Å². The van der Waals surface area contributed by atoms with Gasteiger partial charge < -0.3 is 10.6 Å². The van der Waals surface area contributed by atoms with Gasteiger partial charge in [-0.2, -0.15) is 4.98 Å². The maximum Gasteiger partial charge on any atom is 0.224 e. The van der Waals surface area contributed by atoms with Gasteiger partial charge in [-0.15, -0.1) is 0 Å². The number of nitrogens with zero attached hydrogens (tertiary/aromatic N) is 2. The van der Waals surface area contributed by atoms with Gasteiger partial charge >= 0.3 is 0 Å². The number of aromatic nitrogens is 2. The highest BCUT2D eigenvalue weighted by atomic mass is 19.1. The van der Waals surface area contributed by atoms with E-state index in [1.165, 1.54) is 25.5 Å². The zero-order valence-electron chi connectivity index (χ0n) is 13.3. The van der Waals surface area contributed by atoms with E-state index in [0.717, 1.165) is 12.5 Å². The Labute approximate surface area is 126 Å². The number of nitrogens with one attached hydrogen (secondary N) is 2. The fourth-order valence-corrected chi connectivity index (χ4v) is 4.51. The first-order valence-corrected chi connectivity index (χ1v) is 7.90. The molecule has 0 saturated heterocycles. The average molecular weight is 292 g/mol. The molecule has 2 aliphatic rings. The molecule has 4 nitrogen and oxygen atoms in total. The molecule has 0 aliphatic heterocycles. The van der Waals surface area contributed by atoms with Crippen molar-refractivity contribution in [2.75, 3.05) is 17.2 Å². The standard InChI is InChI=1S/C16H25FN4/c1-5-18-14-19-9-11(17)12(21-14)20-13-15(2,3)10-6-7-16(13,4)8-10/h9-10,13H,5-8H2,1-4H3,(H2,18,19,20,21). The number of hydrogen-bond acceptors (Lipinski definition) is 4. The van der Waals surface area contributed by atoms with E-state index >= 15 is 0 Å². The van der Waals surface area contributed by atoms with Gasteiger partial charge in [0.05, 0.1) is 6.20 Å². The first-order valence-electron chi connectivity index (χ1n) is 7.90. The van der Waals surface area contributed by atoms with Crippen molar-refractivity contribution < 1.29 is 4.39 Å². The van der Waals surface area contributed by atoms with Gasteiger partial charge in [0.25, 0.3) is 0 Å². The summed E-state index contributed by atoms with van der Waals surface area (Å²) in [5, 5.41) is 6.44. The molecule has 1 aromatic rings. The molecular formula is C16H25FN4. The Morgan fingerprint density at radius 1 is 1.38 bits per heavy atom. The van der Waals surface area contributed by atoms with Crippen LogP contribution >= 0.6 is 0 Å². The molecule has 0 amide bonds. The lowest BCUT2D eigenvalue weighted by molar-refractivity contribution is 0.155. The zero-order valence-corrected chi connectivity index (χ0v) is 13.3. The average Bonchev–Trinajstić information content (AvgIpc) is 2.89. The largest absolute Gasteiger partial charge is 0.364 e. The van der Waals surface area contributed by atoms with Gasteiger partial charge in [-0.05, 0) is 42.9 Å². The van der Waals surface area contributed by atoms with Crippen LogP contribution in [0.4, 0.5) is 16.2 Å². The zero-order chi connectivity index (χ0) is 15.3. The number of halogens is 1. The summed E-state index contributed by atoms with van der Waals surface area (Å²) in [6.45, 7) is 9.61. The third-order valence-electron chi connectivity index (χ3n) is 5.63. The van der Waals surface area contributed by atoms with Gasteiger partial charge in [0.15, 0.2) is 11.6 Å². The maximum absolute atomic E-state index is 14.1. The van der Waals surface area contributed by atoms with Crippen molar-refractivity contribution in [3.05, 3.63) is 12.0 Å². The van der Waals surface area contributed by atoms with Crippen LogP contribution in [0, 0.1) is 22.6 Å².